The molecule has 0 saturated carbocycles. The Hall–Kier alpha value is -2.07. The molecule has 1 aliphatic heterocycles. The lowest BCUT2D eigenvalue weighted by molar-refractivity contribution is 0.0711. The minimum absolute atomic E-state index is 0.0517. The first-order valence-corrected chi connectivity index (χ1v) is 8.50. The summed E-state index contributed by atoms with van der Waals surface area (Å²) in [7, 11) is 1.78. The largest absolute Gasteiger partial charge is 0.482 e. The van der Waals surface area contributed by atoms with Crippen molar-refractivity contribution in [3.63, 3.8) is 0 Å². The fraction of sp³-hybridized carbons (Fsp3) is 0.450. The van der Waals surface area contributed by atoms with Crippen LogP contribution in [-0.4, -0.2) is 21.4 Å². The zero-order valence-corrected chi connectivity index (χ0v) is 14.7. The van der Waals surface area contributed by atoms with Crippen molar-refractivity contribution in [1.29, 1.82) is 0 Å². The van der Waals surface area contributed by atoms with Gasteiger partial charge in [0.15, 0.2) is 0 Å². The lowest BCUT2D eigenvalue weighted by Gasteiger charge is -2.33. The van der Waals surface area contributed by atoms with Crippen LogP contribution in [0.25, 0.3) is 17.0 Å². The van der Waals surface area contributed by atoms with Crippen molar-refractivity contribution in [3.05, 3.63) is 46.3 Å². The average Bonchev–Trinajstić information content (AvgIpc) is 2.57. The van der Waals surface area contributed by atoms with E-state index in [1.54, 1.807) is 11.6 Å². The first-order valence-electron chi connectivity index (χ1n) is 8.50. The van der Waals surface area contributed by atoms with Crippen molar-refractivity contribution in [2.24, 2.45) is 13.0 Å². The van der Waals surface area contributed by atoms with Crippen LogP contribution in [-0.2, 0) is 7.05 Å². The van der Waals surface area contributed by atoms with E-state index >= 15 is 0 Å². The normalized spacial score (nSPS) is 20.9. The Morgan fingerprint density at radius 3 is 2.71 bits per heavy atom. The lowest BCUT2D eigenvalue weighted by Crippen LogP contribution is -2.36. The summed E-state index contributed by atoms with van der Waals surface area (Å²) in [6, 6.07) is 7.79. The van der Waals surface area contributed by atoms with Gasteiger partial charge in [-0.3, -0.25) is 4.79 Å². The molecule has 1 N–H and O–H groups in total. The molecule has 128 valence electrons. The van der Waals surface area contributed by atoms with Gasteiger partial charge in [0.2, 0.25) is 0 Å². The number of aromatic nitrogens is 1. The van der Waals surface area contributed by atoms with E-state index < -0.39 is 5.60 Å². The second kappa shape index (κ2) is 6.10. The molecule has 1 aromatic heterocycles. The van der Waals surface area contributed by atoms with Crippen molar-refractivity contribution in [2.45, 2.75) is 45.3 Å². The van der Waals surface area contributed by atoms with Gasteiger partial charge in [-0.05, 0) is 50.0 Å². The van der Waals surface area contributed by atoms with E-state index in [0.717, 1.165) is 10.9 Å². The summed E-state index contributed by atoms with van der Waals surface area (Å²) in [5.41, 5.74) is 0.890. The number of benzene rings is 1. The van der Waals surface area contributed by atoms with Crippen LogP contribution in [0.5, 0.6) is 5.75 Å². The van der Waals surface area contributed by atoms with Crippen molar-refractivity contribution in [2.75, 3.05) is 0 Å². The summed E-state index contributed by atoms with van der Waals surface area (Å²) in [5, 5.41) is 11.0. The Kier molecular flexibility index (Phi) is 4.26. The summed E-state index contributed by atoms with van der Waals surface area (Å²) in [4.78, 5) is 12.6. The molecule has 0 spiro atoms. The molecule has 3 rings (SSSR count). The topological polar surface area (TPSA) is 51.5 Å². The molecule has 0 fully saturated rings. The van der Waals surface area contributed by atoms with Gasteiger partial charge in [-0.15, -0.1) is 0 Å². The molecular weight excluding hydrogens is 302 g/mol. The van der Waals surface area contributed by atoms with E-state index in [0.29, 0.717) is 24.2 Å². The molecule has 2 atom stereocenters. The number of hydrogen-bond acceptors (Lipinski definition) is 3. The Bertz CT molecular complexity index is 850. The summed E-state index contributed by atoms with van der Waals surface area (Å²) in [5.74, 6) is 0.874. The van der Waals surface area contributed by atoms with Gasteiger partial charge in [0.1, 0.15) is 11.4 Å². The minimum Gasteiger partial charge on any atom is -0.482 e. The third-order valence-electron chi connectivity index (χ3n) is 4.93. The SMILES string of the molecule is CC(C)C(O)CCC1(C)C=Cc2c(c3ccccc3n(C)c2=O)O1. The fourth-order valence-corrected chi connectivity index (χ4v) is 3.18. The smallest absolute Gasteiger partial charge is 0.261 e. The van der Waals surface area contributed by atoms with Crippen molar-refractivity contribution in [1.82, 2.24) is 4.57 Å². The van der Waals surface area contributed by atoms with E-state index in [1.807, 2.05) is 57.2 Å². The molecule has 1 aliphatic rings. The molecule has 0 radical (unpaired) electrons. The highest BCUT2D eigenvalue weighted by Gasteiger charge is 2.31. The molecule has 0 amide bonds. The Morgan fingerprint density at radius 1 is 1.29 bits per heavy atom. The minimum atomic E-state index is -0.516. The van der Waals surface area contributed by atoms with Crippen LogP contribution in [0, 0.1) is 5.92 Å². The maximum atomic E-state index is 12.6. The first kappa shape index (κ1) is 16.8. The van der Waals surface area contributed by atoms with Crippen LogP contribution < -0.4 is 10.3 Å². The van der Waals surface area contributed by atoms with Crippen molar-refractivity contribution in [3.8, 4) is 5.75 Å². The number of ether oxygens (including phenoxy) is 1. The van der Waals surface area contributed by atoms with Crippen LogP contribution in [0.4, 0.5) is 0 Å². The number of nitrogens with zero attached hydrogens (tertiary/aromatic N) is 1. The number of aryl methyl sites for hydroxylation is 1. The number of para-hydroxylation sites is 1. The summed E-state index contributed by atoms with van der Waals surface area (Å²) in [6.07, 6.45) is 4.83. The Morgan fingerprint density at radius 2 is 2.00 bits per heavy atom. The first-order chi connectivity index (χ1) is 11.3. The van der Waals surface area contributed by atoms with E-state index in [2.05, 4.69) is 0 Å². The van der Waals surface area contributed by atoms with Crippen LogP contribution >= 0.6 is 0 Å². The van der Waals surface area contributed by atoms with Crippen LogP contribution in [0.2, 0.25) is 0 Å². The van der Waals surface area contributed by atoms with Gasteiger partial charge in [0.05, 0.1) is 17.2 Å². The predicted octanol–water partition coefficient (Wildman–Crippen LogP) is 3.50. The molecule has 4 nitrogen and oxygen atoms in total. The van der Waals surface area contributed by atoms with Gasteiger partial charge >= 0.3 is 0 Å². The molecule has 0 saturated heterocycles. The highest BCUT2D eigenvalue weighted by Crippen LogP contribution is 2.37. The monoisotopic (exact) mass is 327 g/mol. The van der Waals surface area contributed by atoms with Crippen LogP contribution in [0.1, 0.15) is 39.2 Å². The average molecular weight is 327 g/mol. The predicted molar refractivity (Wildman–Crippen MR) is 97.3 cm³/mol. The molecule has 2 unspecified atom stereocenters. The van der Waals surface area contributed by atoms with Gasteiger partial charge in [-0.1, -0.05) is 26.0 Å². The number of pyridine rings is 1. The lowest BCUT2D eigenvalue weighted by atomic mass is 9.91. The molecular formula is C20H25NO3. The zero-order chi connectivity index (χ0) is 17.5. The second-order valence-electron chi connectivity index (χ2n) is 7.22. The fourth-order valence-electron chi connectivity index (χ4n) is 3.18. The molecule has 24 heavy (non-hydrogen) atoms. The molecule has 0 bridgehead atoms. The van der Waals surface area contributed by atoms with Gasteiger partial charge < -0.3 is 14.4 Å². The van der Waals surface area contributed by atoms with E-state index in [-0.39, 0.29) is 17.6 Å². The number of aliphatic hydroxyl groups is 1. The van der Waals surface area contributed by atoms with Crippen molar-refractivity contribution >= 4 is 17.0 Å². The number of hydrogen-bond donors (Lipinski definition) is 1. The molecule has 2 heterocycles. The van der Waals surface area contributed by atoms with Crippen LogP contribution in [0.15, 0.2) is 35.1 Å². The Labute approximate surface area is 142 Å². The van der Waals surface area contributed by atoms with Gasteiger partial charge in [-0.2, -0.15) is 0 Å². The van der Waals surface area contributed by atoms with Crippen LogP contribution in [0.3, 0.4) is 0 Å². The number of aliphatic hydroxyl groups excluding tert-OH is 1. The quantitative estimate of drug-likeness (QED) is 0.935. The standard InChI is InChI=1S/C20H25NO3/c1-13(2)17(22)10-12-20(3)11-9-15-18(24-20)14-7-5-6-8-16(14)21(4)19(15)23/h5-9,11,13,17,22H,10,12H2,1-4H3. The highest BCUT2D eigenvalue weighted by molar-refractivity contribution is 5.89. The zero-order valence-electron chi connectivity index (χ0n) is 14.7. The van der Waals surface area contributed by atoms with E-state index in [1.165, 1.54) is 0 Å². The molecule has 1 aromatic carbocycles. The van der Waals surface area contributed by atoms with Gasteiger partial charge in [-0.25, -0.2) is 0 Å². The van der Waals surface area contributed by atoms with Crippen molar-refractivity contribution < 1.29 is 9.84 Å². The molecule has 0 aliphatic carbocycles. The highest BCUT2D eigenvalue weighted by atomic mass is 16.5. The third kappa shape index (κ3) is 2.86. The van der Waals surface area contributed by atoms with E-state index in [4.69, 9.17) is 4.74 Å². The summed E-state index contributed by atoms with van der Waals surface area (Å²) in [6.45, 7) is 6.03. The van der Waals surface area contributed by atoms with E-state index in [9.17, 15) is 9.90 Å². The maximum Gasteiger partial charge on any atom is 0.261 e. The van der Waals surface area contributed by atoms with Gasteiger partial charge in [0, 0.05) is 12.4 Å². The summed E-state index contributed by atoms with van der Waals surface area (Å²) < 4.78 is 7.95. The number of rotatable bonds is 4. The molecule has 4 heteroatoms. The third-order valence-corrected chi connectivity index (χ3v) is 4.93. The second-order valence-corrected chi connectivity index (χ2v) is 7.22. The summed E-state index contributed by atoms with van der Waals surface area (Å²) >= 11 is 0. The maximum absolute atomic E-state index is 12.6. The number of fused-ring (bicyclic) bond motifs is 3. The van der Waals surface area contributed by atoms with Gasteiger partial charge in [0.25, 0.3) is 5.56 Å². The Balaban J connectivity index is 2.00. The molecule has 2 aromatic rings.